The van der Waals surface area contributed by atoms with Crippen LogP contribution in [0.25, 0.3) is 11.0 Å². The van der Waals surface area contributed by atoms with Crippen molar-refractivity contribution in [1.29, 1.82) is 0 Å². The first-order valence-corrected chi connectivity index (χ1v) is 6.91. The molecule has 18 heavy (non-hydrogen) atoms. The molecule has 2 aromatic rings. The Morgan fingerprint density at radius 1 is 1.50 bits per heavy atom. The van der Waals surface area contributed by atoms with E-state index in [4.69, 9.17) is 10.5 Å². The van der Waals surface area contributed by atoms with Gasteiger partial charge in [-0.1, -0.05) is 15.9 Å². The second-order valence-corrected chi connectivity index (χ2v) is 6.01. The molecule has 2 heterocycles. The third-order valence-corrected chi connectivity index (χ3v) is 4.09. The maximum Gasteiger partial charge on any atom is 0.201 e. The Hall–Kier alpha value is -1.07. The quantitative estimate of drug-likeness (QED) is 0.881. The van der Waals surface area contributed by atoms with E-state index in [9.17, 15) is 0 Å². The fraction of sp³-hybridized carbons (Fsp3) is 0.462. The van der Waals surface area contributed by atoms with Crippen molar-refractivity contribution in [3.05, 3.63) is 22.7 Å². The van der Waals surface area contributed by atoms with Gasteiger partial charge in [0.2, 0.25) is 5.95 Å². The molecule has 5 heteroatoms. The van der Waals surface area contributed by atoms with Crippen molar-refractivity contribution in [3.8, 4) is 0 Å². The van der Waals surface area contributed by atoms with Gasteiger partial charge < -0.3 is 15.0 Å². The molecule has 1 fully saturated rings. The summed E-state index contributed by atoms with van der Waals surface area (Å²) in [7, 11) is 0. The lowest BCUT2D eigenvalue weighted by Crippen LogP contribution is -2.39. The second-order valence-electron chi connectivity index (χ2n) is 5.09. The smallest absolute Gasteiger partial charge is 0.201 e. The molecule has 1 unspecified atom stereocenters. The lowest BCUT2D eigenvalue weighted by atomic mass is 9.94. The third kappa shape index (κ3) is 1.82. The molecule has 1 aromatic carbocycles. The molecule has 1 atom stereocenters. The van der Waals surface area contributed by atoms with Crippen LogP contribution >= 0.6 is 15.9 Å². The number of anilines is 1. The van der Waals surface area contributed by atoms with Crippen molar-refractivity contribution in [1.82, 2.24) is 9.55 Å². The summed E-state index contributed by atoms with van der Waals surface area (Å²) in [6.07, 6.45) is 2.13. The number of benzene rings is 1. The van der Waals surface area contributed by atoms with Crippen molar-refractivity contribution in [2.24, 2.45) is 0 Å². The summed E-state index contributed by atoms with van der Waals surface area (Å²) in [5.41, 5.74) is 8.01. The molecule has 1 aliphatic heterocycles. The van der Waals surface area contributed by atoms with Crippen LogP contribution in [-0.2, 0) is 10.3 Å². The van der Waals surface area contributed by atoms with Crippen LogP contribution < -0.4 is 5.73 Å². The minimum atomic E-state index is -0.0923. The van der Waals surface area contributed by atoms with E-state index in [1.165, 1.54) is 0 Å². The van der Waals surface area contributed by atoms with E-state index in [1.807, 2.05) is 12.1 Å². The van der Waals surface area contributed by atoms with E-state index in [0.29, 0.717) is 12.6 Å². The Balaban J connectivity index is 2.18. The summed E-state index contributed by atoms with van der Waals surface area (Å²) in [6, 6.07) is 6.07. The zero-order valence-corrected chi connectivity index (χ0v) is 11.9. The first-order valence-electron chi connectivity index (χ1n) is 6.12. The number of nitrogens with two attached hydrogens (primary N) is 1. The first-order chi connectivity index (χ1) is 8.60. The molecular formula is C13H16BrN3O. The molecule has 0 radical (unpaired) electrons. The van der Waals surface area contributed by atoms with Crippen molar-refractivity contribution >= 4 is 32.9 Å². The Morgan fingerprint density at radius 3 is 3.06 bits per heavy atom. The molecule has 0 bridgehead atoms. The highest BCUT2D eigenvalue weighted by Gasteiger charge is 2.32. The predicted octanol–water partition coefficient (Wildman–Crippen LogP) is 2.91. The largest absolute Gasteiger partial charge is 0.379 e. The number of hydrogen-bond donors (Lipinski definition) is 1. The Labute approximate surface area is 114 Å². The van der Waals surface area contributed by atoms with E-state index in [2.05, 4.69) is 38.5 Å². The fourth-order valence-corrected chi connectivity index (χ4v) is 3.08. The standard InChI is InChI=1S/C13H16BrN3O/c1-13(5-2-6-18-8-13)17-11-4-3-9(14)7-10(11)16-12(17)15/h3-4,7H,2,5-6,8H2,1H3,(H2,15,16). The first kappa shape index (κ1) is 12.0. The van der Waals surface area contributed by atoms with E-state index in [1.54, 1.807) is 0 Å². The van der Waals surface area contributed by atoms with Crippen molar-refractivity contribution < 1.29 is 4.74 Å². The van der Waals surface area contributed by atoms with Crippen LogP contribution in [0, 0.1) is 0 Å². The number of fused-ring (bicyclic) bond motifs is 1. The van der Waals surface area contributed by atoms with Crippen molar-refractivity contribution in [3.63, 3.8) is 0 Å². The van der Waals surface area contributed by atoms with Crippen LogP contribution in [0.15, 0.2) is 22.7 Å². The molecule has 0 amide bonds. The molecule has 0 spiro atoms. The average Bonchev–Trinajstić information content (AvgIpc) is 2.65. The minimum Gasteiger partial charge on any atom is -0.379 e. The predicted molar refractivity (Wildman–Crippen MR) is 75.5 cm³/mol. The van der Waals surface area contributed by atoms with E-state index in [-0.39, 0.29) is 5.54 Å². The van der Waals surface area contributed by atoms with Gasteiger partial charge in [-0.15, -0.1) is 0 Å². The number of aromatic nitrogens is 2. The number of imidazole rings is 1. The van der Waals surface area contributed by atoms with Crippen LogP contribution in [0.5, 0.6) is 0 Å². The number of nitrogen functional groups attached to an aromatic ring is 1. The lowest BCUT2D eigenvalue weighted by Gasteiger charge is -2.35. The van der Waals surface area contributed by atoms with Crippen molar-refractivity contribution in [2.45, 2.75) is 25.3 Å². The molecule has 0 saturated carbocycles. The van der Waals surface area contributed by atoms with Gasteiger partial charge in [0.1, 0.15) is 0 Å². The summed E-state index contributed by atoms with van der Waals surface area (Å²) in [4.78, 5) is 4.45. The van der Waals surface area contributed by atoms with Gasteiger partial charge in [0.15, 0.2) is 0 Å². The molecule has 4 nitrogen and oxygen atoms in total. The number of rotatable bonds is 1. The maximum atomic E-state index is 6.10. The van der Waals surface area contributed by atoms with Gasteiger partial charge in [-0.25, -0.2) is 4.98 Å². The lowest BCUT2D eigenvalue weighted by molar-refractivity contribution is 0.0124. The van der Waals surface area contributed by atoms with E-state index < -0.39 is 0 Å². The normalized spacial score (nSPS) is 24.6. The molecule has 1 aliphatic rings. The molecule has 96 valence electrons. The van der Waals surface area contributed by atoms with Gasteiger partial charge in [0.25, 0.3) is 0 Å². The summed E-state index contributed by atoms with van der Waals surface area (Å²) >= 11 is 3.46. The molecule has 1 saturated heterocycles. The number of hydrogen-bond acceptors (Lipinski definition) is 3. The molecule has 2 N–H and O–H groups in total. The summed E-state index contributed by atoms with van der Waals surface area (Å²) in [5.74, 6) is 0.566. The second kappa shape index (κ2) is 4.24. The van der Waals surface area contributed by atoms with Crippen LogP contribution in [0.4, 0.5) is 5.95 Å². The van der Waals surface area contributed by atoms with E-state index in [0.717, 1.165) is 35.0 Å². The summed E-state index contributed by atoms with van der Waals surface area (Å²) in [6.45, 7) is 3.72. The number of halogens is 1. The van der Waals surface area contributed by atoms with Crippen LogP contribution in [0.1, 0.15) is 19.8 Å². The van der Waals surface area contributed by atoms with Crippen LogP contribution in [-0.4, -0.2) is 22.8 Å². The summed E-state index contributed by atoms with van der Waals surface area (Å²) in [5, 5.41) is 0. The highest BCUT2D eigenvalue weighted by atomic mass is 79.9. The number of ether oxygens (including phenoxy) is 1. The van der Waals surface area contributed by atoms with Crippen molar-refractivity contribution in [2.75, 3.05) is 18.9 Å². The van der Waals surface area contributed by atoms with Gasteiger partial charge in [0, 0.05) is 11.1 Å². The SMILES string of the molecule is CC1(n2c(N)nc3cc(Br)ccc32)CCCOC1. The zero-order valence-electron chi connectivity index (χ0n) is 10.3. The Morgan fingerprint density at radius 2 is 2.33 bits per heavy atom. The van der Waals surface area contributed by atoms with Crippen LogP contribution in [0.3, 0.4) is 0 Å². The molecule has 1 aromatic heterocycles. The Kier molecular flexibility index (Phi) is 2.83. The minimum absolute atomic E-state index is 0.0923. The van der Waals surface area contributed by atoms with Gasteiger partial charge >= 0.3 is 0 Å². The monoisotopic (exact) mass is 309 g/mol. The molecule has 0 aliphatic carbocycles. The topological polar surface area (TPSA) is 53.1 Å². The van der Waals surface area contributed by atoms with Crippen LogP contribution in [0.2, 0.25) is 0 Å². The van der Waals surface area contributed by atoms with Gasteiger partial charge in [-0.3, -0.25) is 0 Å². The Bertz CT molecular complexity index is 587. The summed E-state index contributed by atoms with van der Waals surface area (Å²) < 4.78 is 8.76. The highest BCUT2D eigenvalue weighted by molar-refractivity contribution is 9.10. The molecular weight excluding hydrogens is 294 g/mol. The zero-order chi connectivity index (χ0) is 12.8. The number of nitrogens with zero attached hydrogens (tertiary/aromatic N) is 2. The van der Waals surface area contributed by atoms with Gasteiger partial charge in [-0.05, 0) is 38.0 Å². The fourth-order valence-electron chi connectivity index (χ4n) is 2.74. The van der Waals surface area contributed by atoms with E-state index >= 15 is 0 Å². The highest BCUT2D eigenvalue weighted by Crippen LogP contribution is 2.34. The third-order valence-electron chi connectivity index (χ3n) is 3.60. The molecule has 3 rings (SSSR count). The van der Waals surface area contributed by atoms with Gasteiger partial charge in [-0.2, -0.15) is 0 Å². The van der Waals surface area contributed by atoms with Gasteiger partial charge in [0.05, 0.1) is 23.2 Å². The average molecular weight is 310 g/mol. The maximum absolute atomic E-state index is 6.10.